The molecule has 0 aliphatic heterocycles. The summed E-state index contributed by atoms with van der Waals surface area (Å²) in [5, 5.41) is -1.70. The predicted molar refractivity (Wildman–Crippen MR) is 177 cm³/mol. The van der Waals surface area contributed by atoms with Gasteiger partial charge in [0.1, 0.15) is 71.0 Å². The summed E-state index contributed by atoms with van der Waals surface area (Å²) in [6.45, 7) is -2.34. The van der Waals surface area contributed by atoms with Gasteiger partial charge in [-0.15, -0.1) is 0 Å². The predicted octanol–water partition coefficient (Wildman–Crippen LogP) is 2.89. The molecule has 0 amide bonds. The third-order valence-electron chi connectivity index (χ3n) is 7.06. The molecule has 0 aliphatic carbocycles. The summed E-state index contributed by atoms with van der Waals surface area (Å²) in [6.07, 6.45) is 6.42. The zero-order valence-electron chi connectivity index (χ0n) is 26.5. The zero-order chi connectivity index (χ0) is 37.1. The second-order valence-corrected chi connectivity index (χ2v) is 13.1. The summed E-state index contributed by atoms with van der Waals surface area (Å²) in [5.41, 5.74) is -6.00. The maximum Gasteiger partial charge on any atom is 0.135 e. The van der Waals surface area contributed by atoms with Crippen LogP contribution in [0.25, 0.3) is 0 Å². The molecule has 0 aromatic rings. The Morgan fingerprint density at radius 3 is 1.49 bits per heavy atom. The SMILES string of the molecule is CCCCCCCCP(=C=O)(C(=C=O)C(=C=O)CCCCCC=C=O)C(=C=O)C(=C=O)C(=C=O)C(=C=O)C(=C=O)C(=C=O)C(=C=O)C=C=O. The van der Waals surface area contributed by atoms with Crippen LogP contribution in [0.2, 0.25) is 0 Å². The van der Waals surface area contributed by atoms with E-state index in [1.54, 1.807) is 17.5 Å². The molecule has 0 bridgehead atoms. The topological polar surface area (TPSA) is 205 Å². The Bertz CT molecular complexity index is 1930. The molecule has 0 saturated carbocycles. The van der Waals surface area contributed by atoms with Crippen LogP contribution >= 0.6 is 6.89 Å². The molecule has 0 heterocycles. The third-order valence-corrected chi connectivity index (χ3v) is 10.6. The van der Waals surface area contributed by atoms with Crippen molar-refractivity contribution in [1.82, 2.24) is 0 Å². The molecule has 0 saturated heterocycles. The molecular formula is C36H29O12P. The normalized spacial score (nSPS) is 10.1. The van der Waals surface area contributed by atoms with Crippen LogP contribution in [0.4, 0.5) is 0 Å². The van der Waals surface area contributed by atoms with Gasteiger partial charge in [-0.3, -0.25) is 0 Å². The van der Waals surface area contributed by atoms with Crippen LogP contribution in [0.1, 0.15) is 77.6 Å². The highest BCUT2D eigenvalue weighted by Gasteiger charge is 2.39. The summed E-state index contributed by atoms with van der Waals surface area (Å²) in [6, 6.07) is 0. The molecule has 0 radical (unpaired) electrons. The van der Waals surface area contributed by atoms with Gasteiger partial charge >= 0.3 is 0 Å². The molecule has 250 valence electrons. The van der Waals surface area contributed by atoms with Gasteiger partial charge < -0.3 is 0 Å². The number of allylic oxidation sites excluding steroid dienone is 11. The molecule has 13 heteroatoms. The fraction of sp³-hybridized carbons (Fsp3) is 0.361. The maximum absolute atomic E-state index is 13.0. The van der Waals surface area contributed by atoms with Gasteiger partial charge in [-0.05, 0) is 44.3 Å². The van der Waals surface area contributed by atoms with Crippen LogP contribution in [0.15, 0.2) is 61.8 Å². The van der Waals surface area contributed by atoms with E-state index in [4.69, 9.17) is 0 Å². The Kier molecular flexibility index (Phi) is 22.0. The smallest absolute Gasteiger partial charge is 0.135 e. The second kappa shape index (κ2) is 25.1. The van der Waals surface area contributed by atoms with Crippen LogP contribution < -0.4 is 0 Å². The van der Waals surface area contributed by atoms with Crippen molar-refractivity contribution in [3.05, 3.63) is 61.8 Å². The van der Waals surface area contributed by atoms with Crippen molar-refractivity contribution in [1.29, 1.82) is 0 Å². The zero-order valence-corrected chi connectivity index (χ0v) is 27.4. The van der Waals surface area contributed by atoms with Gasteiger partial charge in [0.15, 0.2) is 0 Å². The summed E-state index contributed by atoms with van der Waals surface area (Å²) in [5.74, 6) is 14.0. The van der Waals surface area contributed by atoms with E-state index in [1.807, 2.05) is 6.92 Å². The van der Waals surface area contributed by atoms with E-state index in [9.17, 15) is 57.5 Å². The summed E-state index contributed by atoms with van der Waals surface area (Å²) < 4.78 is 0. The molecular weight excluding hydrogens is 655 g/mol. The molecule has 0 aromatic heterocycles. The molecule has 1 atom stereocenters. The second-order valence-electron chi connectivity index (χ2n) is 9.96. The molecule has 0 aliphatic rings. The molecule has 0 aromatic carbocycles. The highest BCUT2D eigenvalue weighted by atomic mass is 31.2. The number of carbonyl (C=O) groups excluding carboxylic acids is 12. The van der Waals surface area contributed by atoms with E-state index in [0.29, 0.717) is 38.2 Å². The van der Waals surface area contributed by atoms with Gasteiger partial charge in [0.2, 0.25) is 0 Å². The van der Waals surface area contributed by atoms with Crippen molar-refractivity contribution in [2.75, 3.05) is 6.16 Å². The first-order valence-corrected chi connectivity index (χ1v) is 16.7. The average Bonchev–Trinajstić information content (AvgIpc) is 3.13. The van der Waals surface area contributed by atoms with E-state index in [0.717, 1.165) is 54.9 Å². The fourth-order valence-electron chi connectivity index (χ4n) is 4.64. The van der Waals surface area contributed by atoms with Crippen LogP contribution in [-0.2, 0) is 57.5 Å². The van der Waals surface area contributed by atoms with Crippen molar-refractivity contribution in [3.63, 3.8) is 0 Å². The fourth-order valence-corrected chi connectivity index (χ4v) is 7.76. The lowest BCUT2D eigenvalue weighted by atomic mass is 9.89. The van der Waals surface area contributed by atoms with Gasteiger partial charge in [0, 0.05) is 6.08 Å². The quantitative estimate of drug-likeness (QED) is 0.0660. The van der Waals surface area contributed by atoms with Crippen molar-refractivity contribution >= 4 is 77.9 Å². The van der Waals surface area contributed by atoms with Gasteiger partial charge in [0.05, 0.1) is 56.5 Å². The molecule has 1 unspecified atom stereocenters. The Balaban J connectivity index is 7.58. The molecule has 49 heavy (non-hydrogen) atoms. The average molecular weight is 685 g/mol. The van der Waals surface area contributed by atoms with Gasteiger partial charge in [0.25, 0.3) is 0 Å². The Morgan fingerprint density at radius 2 is 1.02 bits per heavy atom. The molecule has 0 rings (SSSR count). The van der Waals surface area contributed by atoms with Gasteiger partial charge in [-0.2, -0.15) is 0 Å². The van der Waals surface area contributed by atoms with Crippen molar-refractivity contribution in [3.8, 4) is 0 Å². The van der Waals surface area contributed by atoms with Crippen LogP contribution in [0.3, 0.4) is 0 Å². The monoisotopic (exact) mass is 684 g/mol. The van der Waals surface area contributed by atoms with Crippen LogP contribution in [0, 0.1) is 0 Å². The van der Waals surface area contributed by atoms with E-state index >= 15 is 0 Å². The van der Waals surface area contributed by atoms with E-state index in [1.165, 1.54) is 23.9 Å². The minimum absolute atomic E-state index is 0.124. The van der Waals surface area contributed by atoms with Crippen molar-refractivity contribution in [2.45, 2.75) is 77.6 Å². The van der Waals surface area contributed by atoms with Crippen molar-refractivity contribution in [2.24, 2.45) is 0 Å². The summed E-state index contributed by atoms with van der Waals surface area (Å²) in [4.78, 5) is 143. The Hall–Kier alpha value is -6.04. The number of hydrogen-bond acceptors (Lipinski definition) is 12. The minimum Gasteiger partial charge on any atom is -0.234 e. The first kappa shape index (κ1) is 43.0. The highest BCUT2D eigenvalue weighted by molar-refractivity contribution is 7.83. The van der Waals surface area contributed by atoms with Gasteiger partial charge in [-0.25, -0.2) is 57.5 Å². The first-order valence-electron chi connectivity index (χ1n) is 14.8. The van der Waals surface area contributed by atoms with E-state index < -0.39 is 56.5 Å². The summed E-state index contributed by atoms with van der Waals surface area (Å²) >= 11 is 0. The first-order chi connectivity index (χ1) is 23.8. The Labute approximate surface area is 280 Å². The minimum atomic E-state index is -4.32. The van der Waals surface area contributed by atoms with Crippen molar-refractivity contribution < 1.29 is 57.5 Å². The van der Waals surface area contributed by atoms with E-state index in [2.05, 4.69) is 0 Å². The van der Waals surface area contributed by atoms with Crippen LogP contribution in [0.5, 0.6) is 0 Å². The number of hydrogen-bond donors (Lipinski definition) is 0. The highest BCUT2D eigenvalue weighted by Crippen LogP contribution is 2.64. The van der Waals surface area contributed by atoms with Gasteiger partial charge in [-0.1, -0.05) is 45.4 Å². The largest absolute Gasteiger partial charge is 0.234 e. The van der Waals surface area contributed by atoms with Crippen LogP contribution in [-0.4, -0.2) is 77.2 Å². The lowest BCUT2D eigenvalue weighted by Crippen LogP contribution is -2.11. The molecule has 0 spiro atoms. The van der Waals surface area contributed by atoms with E-state index in [-0.39, 0.29) is 25.4 Å². The third kappa shape index (κ3) is 11.9. The molecule has 0 N–H and O–H groups in total. The lowest BCUT2D eigenvalue weighted by molar-refractivity contribution is 0.560. The number of rotatable bonds is 23. The molecule has 12 nitrogen and oxygen atoms in total. The lowest BCUT2D eigenvalue weighted by Gasteiger charge is -2.24. The summed E-state index contributed by atoms with van der Waals surface area (Å²) in [7, 11) is 0. The standard InChI is InChI=1S/C36H29O12P/c1-2-3-4-5-9-12-17-49(27-48,35(25-46)29(19-40)13-10-7-6-8-11-15-37)36(26-47)34(24-45)33(23-44)32(22-43)31(21-42)30(20-41)28(18-39)14-16-38/h11,14H,2-10,12-13,17H2,1H3. The Morgan fingerprint density at radius 1 is 0.490 bits per heavy atom. The molecule has 0 fully saturated rings. The maximum atomic E-state index is 13.0. The number of unbranched alkanes of at least 4 members (excludes halogenated alkanes) is 8.